The molecule has 0 aromatic carbocycles. The quantitative estimate of drug-likeness (QED) is 0.535. The zero-order valence-corrected chi connectivity index (χ0v) is 5.73. The first-order chi connectivity index (χ1) is 3.62. The van der Waals surface area contributed by atoms with Crippen molar-refractivity contribution >= 4 is 10.8 Å². The van der Waals surface area contributed by atoms with E-state index in [4.69, 9.17) is 9.11 Å². The molecule has 0 aliphatic carbocycles. The molecule has 5 heteroatoms. The van der Waals surface area contributed by atoms with Gasteiger partial charge in [-0.1, -0.05) is 0 Å². The Hall–Kier alpha value is 0.190. The minimum absolute atomic E-state index is 0.0521. The lowest BCUT2D eigenvalue weighted by molar-refractivity contribution is 0.236. The molecule has 4 nitrogen and oxygen atoms in total. The summed E-state index contributed by atoms with van der Waals surface area (Å²) in [6.45, 7) is 0. The highest BCUT2D eigenvalue weighted by Crippen LogP contribution is 2.31. The SMILES string of the molecule is CNS(O)(O)COC. The Labute approximate surface area is 50.3 Å². The number of methoxy groups -OCH3 is 1. The van der Waals surface area contributed by atoms with Gasteiger partial charge in [0.1, 0.15) is 5.94 Å². The Balaban J connectivity index is 3.37. The van der Waals surface area contributed by atoms with Crippen molar-refractivity contribution < 1.29 is 13.8 Å². The fourth-order valence-corrected chi connectivity index (χ4v) is 0.670. The van der Waals surface area contributed by atoms with E-state index >= 15 is 0 Å². The Kier molecular flexibility index (Phi) is 3.34. The van der Waals surface area contributed by atoms with Crippen LogP contribution in [0.1, 0.15) is 0 Å². The fourth-order valence-electron chi connectivity index (χ4n) is 0.223. The minimum atomic E-state index is -2.64. The zero-order valence-electron chi connectivity index (χ0n) is 4.92. The molecule has 0 amide bonds. The third-order valence-corrected chi connectivity index (χ3v) is 1.83. The van der Waals surface area contributed by atoms with Crippen LogP contribution in [-0.2, 0) is 4.74 Å². The van der Waals surface area contributed by atoms with E-state index in [1.54, 1.807) is 0 Å². The van der Waals surface area contributed by atoms with E-state index < -0.39 is 10.8 Å². The first-order valence-electron chi connectivity index (χ1n) is 2.05. The average molecular weight is 141 g/mol. The smallest absolute Gasteiger partial charge is 0.150 e. The first kappa shape index (κ1) is 8.19. The molecule has 0 aromatic rings. The lowest BCUT2D eigenvalue weighted by Crippen LogP contribution is -2.18. The molecule has 3 N–H and O–H groups in total. The van der Waals surface area contributed by atoms with E-state index in [2.05, 4.69) is 9.46 Å². The van der Waals surface area contributed by atoms with Crippen LogP contribution in [0.2, 0.25) is 0 Å². The molecule has 0 saturated carbocycles. The van der Waals surface area contributed by atoms with Crippen LogP contribution in [0.3, 0.4) is 0 Å². The zero-order chi connectivity index (χ0) is 6.62. The molecule has 0 aliphatic heterocycles. The Morgan fingerprint density at radius 3 is 2.25 bits per heavy atom. The molecule has 0 rings (SSSR count). The Morgan fingerprint density at radius 2 is 2.12 bits per heavy atom. The van der Waals surface area contributed by atoms with Gasteiger partial charge in [0.25, 0.3) is 0 Å². The molecule has 52 valence electrons. The van der Waals surface area contributed by atoms with Gasteiger partial charge in [0.15, 0.2) is 0 Å². The third-order valence-electron chi connectivity index (χ3n) is 0.609. The van der Waals surface area contributed by atoms with Gasteiger partial charge in [0.05, 0.1) is 0 Å². The molecule has 0 atom stereocenters. The summed E-state index contributed by atoms with van der Waals surface area (Å²) < 4.78 is 24.2. The number of hydrogen-bond acceptors (Lipinski definition) is 4. The normalized spacial score (nSPS) is 14.0. The van der Waals surface area contributed by atoms with Crippen LogP contribution < -0.4 is 4.72 Å². The summed E-state index contributed by atoms with van der Waals surface area (Å²) in [6.07, 6.45) is 0. The monoisotopic (exact) mass is 141 g/mol. The van der Waals surface area contributed by atoms with Gasteiger partial charge in [-0.2, -0.15) is 0 Å². The second-order valence-corrected chi connectivity index (χ2v) is 3.25. The second kappa shape index (κ2) is 3.26. The van der Waals surface area contributed by atoms with Crippen molar-refractivity contribution in [1.82, 2.24) is 4.72 Å². The summed E-state index contributed by atoms with van der Waals surface area (Å²) in [5.41, 5.74) is 0. The maximum Gasteiger partial charge on any atom is 0.150 e. The summed E-state index contributed by atoms with van der Waals surface area (Å²) >= 11 is 0. The standard InChI is InChI=1S/C3H11NO3S/c1-4-8(5,6)3-7-2/h4-6H,3H2,1-2H3. The van der Waals surface area contributed by atoms with Crippen molar-refractivity contribution in [2.75, 3.05) is 20.1 Å². The second-order valence-electron chi connectivity index (χ2n) is 1.28. The van der Waals surface area contributed by atoms with Gasteiger partial charge in [-0.05, 0) is 0 Å². The van der Waals surface area contributed by atoms with Crippen molar-refractivity contribution in [3.63, 3.8) is 0 Å². The maximum absolute atomic E-state index is 8.73. The average Bonchev–Trinajstić information content (AvgIpc) is 1.67. The Morgan fingerprint density at radius 1 is 1.62 bits per heavy atom. The fraction of sp³-hybridized carbons (Fsp3) is 1.00. The van der Waals surface area contributed by atoms with E-state index in [9.17, 15) is 0 Å². The van der Waals surface area contributed by atoms with Crippen LogP contribution in [0.4, 0.5) is 0 Å². The van der Waals surface area contributed by atoms with Crippen molar-refractivity contribution in [2.24, 2.45) is 0 Å². The van der Waals surface area contributed by atoms with Crippen LogP contribution >= 0.6 is 10.8 Å². The van der Waals surface area contributed by atoms with Gasteiger partial charge >= 0.3 is 0 Å². The summed E-state index contributed by atoms with van der Waals surface area (Å²) in [7, 11) is 0.233. The molecule has 0 aliphatic rings. The molecule has 0 spiro atoms. The Bertz CT molecular complexity index is 67.5. The van der Waals surface area contributed by atoms with Gasteiger partial charge in [0.2, 0.25) is 0 Å². The van der Waals surface area contributed by atoms with Crippen LogP contribution in [0, 0.1) is 0 Å². The van der Waals surface area contributed by atoms with E-state index in [1.165, 1.54) is 14.2 Å². The molecule has 0 heterocycles. The molecule has 0 fully saturated rings. The summed E-state index contributed by atoms with van der Waals surface area (Å²) in [4.78, 5) is 0. The van der Waals surface area contributed by atoms with Gasteiger partial charge in [-0.25, -0.2) is 4.72 Å². The number of hydrogen-bond donors (Lipinski definition) is 3. The van der Waals surface area contributed by atoms with E-state index in [0.717, 1.165) is 0 Å². The minimum Gasteiger partial charge on any atom is -0.363 e. The van der Waals surface area contributed by atoms with Crippen LogP contribution in [-0.4, -0.2) is 29.2 Å². The lowest BCUT2D eigenvalue weighted by atomic mass is 11.5. The molecular weight excluding hydrogens is 130 g/mol. The van der Waals surface area contributed by atoms with Crippen LogP contribution in [0.15, 0.2) is 0 Å². The molecule has 0 radical (unpaired) electrons. The van der Waals surface area contributed by atoms with Crippen molar-refractivity contribution in [1.29, 1.82) is 0 Å². The molecule has 8 heavy (non-hydrogen) atoms. The molecule has 0 aromatic heterocycles. The highest BCUT2D eigenvalue weighted by molar-refractivity contribution is 8.22. The van der Waals surface area contributed by atoms with Gasteiger partial charge in [-0.3, -0.25) is 9.11 Å². The number of ether oxygens (including phenoxy) is 1. The number of rotatable bonds is 3. The molecule has 0 saturated heterocycles. The number of nitrogens with one attached hydrogen (secondary N) is 1. The highest BCUT2D eigenvalue weighted by Gasteiger charge is 2.04. The van der Waals surface area contributed by atoms with E-state index in [-0.39, 0.29) is 5.94 Å². The largest absolute Gasteiger partial charge is 0.363 e. The van der Waals surface area contributed by atoms with Crippen molar-refractivity contribution in [3.05, 3.63) is 0 Å². The predicted octanol–water partition coefficient (Wildman–Crippen LogP) is 0.475. The summed E-state index contributed by atoms with van der Waals surface area (Å²) in [5, 5.41) is 0. The lowest BCUT2D eigenvalue weighted by Gasteiger charge is -2.29. The molecular formula is C3H11NO3S. The van der Waals surface area contributed by atoms with Crippen LogP contribution in [0.5, 0.6) is 0 Å². The van der Waals surface area contributed by atoms with Crippen molar-refractivity contribution in [3.8, 4) is 0 Å². The van der Waals surface area contributed by atoms with Crippen LogP contribution in [0.25, 0.3) is 0 Å². The maximum atomic E-state index is 8.73. The van der Waals surface area contributed by atoms with E-state index in [0.29, 0.717) is 0 Å². The summed E-state index contributed by atoms with van der Waals surface area (Å²) in [6, 6.07) is 0. The molecule has 0 bridgehead atoms. The van der Waals surface area contributed by atoms with Crippen molar-refractivity contribution in [2.45, 2.75) is 0 Å². The molecule has 0 unspecified atom stereocenters. The van der Waals surface area contributed by atoms with Gasteiger partial charge < -0.3 is 4.74 Å². The van der Waals surface area contributed by atoms with Gasteiger partial charge in [0, 0.05) is 14.2 Å². The third kappa shape index (κ3) is 3.23. The van der Waals surface area contributed by atoms with E-state index in [1.807, 2.05) is 0 Å². The summed E-state index contributed by atoms with van der Waals surface area (Å²) in [5.74, 6) is -0.0521. The predicted molar refractivity (Wildman–Crippen MR) is 33.8 cm³/mol. The topological polar surface area (TPSA) is 61.7 Å². The highest BCUT2D eigenvalue weighted by atomic mass is 32.3. The first-order valence-corrected chi connectivity index (χ1v) is 3.77. The van der Waals surface area contributed by atoms with Gasteiger partial charge in [-0.15, -0.1) is 10.8 Å².